The molecule has 0 radical (unpaired) electrons. The second kappa shape index (κ2) is 4.03. The van der Waals surface area contributed by atoms with Crippen LogP contribution in [0, 0.1) is 6.92 Å². The second-order valence-corrected chi connectivity index (χ2v) is 4.61. The van der Waals surface area contributed by atoms with Crippen molar-refractivity contribution in [2.75, 3.05) is 5.73 Å². The minimum atomic E-state index is -4.37. The van der Waals surface area contributed by atoms with Gasteiger partial charge in [-0.25, -0.2) is 4.98 Å². The first-order valence-corrected chi connectivity index (χ1v) is 5.65. The summed E-state index contributed by atoms with van der Waals surface area (Å²) in [6.07, 6.45) is -4.37. The van der Waals surface area contributed by atoms with Crippen LogP contribution in [0.2, 0.25) is 0 Å². The highest BCUT2D eigenvalue weighted by Crippen LogP contribution is 2.34. The van der Waals surface area contributed by atoms with Crippen LogP contribution in [0.1, 0.15) is 10.6 Å². The number of halogens is 3. The zero-order valence-electron chi connectivity index (χ0n) is 8.88. The van der Waals surface area contributed by atoms with Crippen molar-refractivity contribution in [3.05, 3.63) is 34.2 Å². The molecule has 2 aromatic rings. The van der Waals surface area contributed by atoms with Crippen molar-refractivity contribution in [2.45, 2.75) is 13.1 Å². The average Bonchev–Trinajstić information content (AvgIpc) is 2.63. The fourth-order valence-electron chi connectivity index (χ4n) is 1.46. The normalized spacial score (nSPS) is 11.8. The van der Waals surface area contributed by atoms with Gasteiger partial charge < -0.3 is 5.73 Å². The van der Waals surface area contributed by atoms with E-state index in [0.29, 0.717) is 11.3 Å². The molecule has 0 unspecified atom stereocenters. The maximum absolute atomic E-state index is 12.4. The van der Waals surface area contributed by atoms with Crippen LogP contribution in [0.15, 0.2) is 23.6 Å². The van der Waals surface area contributed by atoms with Crippen LogP contribution in [0.3, 0.4) is 0 Å². The maximum atomic E-state index is 12.4. The first kappa shape index (κ1) is 11.9. The molecule has 0 aliphatic carbocycles. The average molecular weight is 258 g/mol. The summed E-state index contributed by atoms with van der Waals surface area (Å²) >= 11 is 1.43. The molecule has 1 aromatic carbocycles. The Bertz CT molecular complexity index is 546. The van der Waals surface area contributed by atoms with Crippen molar-refractivity contribution in [1.29, 1.82) is 0 Å². The Labute approximate surface area is 99.9 Å². The summed E-state index contributed by atoms with van der Waals surface area (Å²) in [7, 11) is 0. The van der Waals surface area contributed by atoms with Gasteiger partial charge in [-0.2, -0.15) is 13.2 Å². The summed E-state index contributed by atoms with van der Waals surface area (Å²) in [5.74, 6) is 0. The van der Waals surface area contributed by atoms with Crippen LogP contribution < -0.4 is 5.73 Å². The van der Waals surface area contributed by atoms with E-state index in [2.05, 4.69) is 4.98 Å². The summed E-state index contributed by atoms with van der Waals surface area (Å²) in [6.45, 7) is 1.83. The number of benzene rings is 1. The van der Waals surface area contributed by atoms with Crippen molar-refractivity contribution in [1.82, 2.24) is 4.98 Å². The van der Waals surface area contributed by atoms with Crippen LogP contribution in [-0.4, -0.2) is 4.98 Å². The minimum absolute atomic E-state index is 0.0881. The molecule has 0 saturated carbocycles. The molecule has 1 heterocycles. The van der Waals surface area contributed by atoms with Crippen molar-refractivity contribution in [2.24, 2.45) is 0 Å². The number of thiazole rings is 1. The van der Waals surface area contributed by atoms with Gasteiger partial charge in [0, 0.05) is 16.6 Å². The number of anilines is 1. The van der Waals surface area contributed by atoms with Gasteiger partial charge >= 0.3 is 6.18 Å². The Kier molecular flexibility index (Phi) is 2.82. The lowest BCUT2D eigenvalue weighted by Gasteiger charge is -2.09. The molecule has 0 spiro atoms. The van der Waals surface area contributed by atoms with Gasteiger partial charge in [0.15, 0.2) is 0 Å². The van der Waals surface area contributed by atoms with Crippen LogP contribution in [0.5, 0.6) is 0 Å². The van der Waals surface area contributed by atoms with E-state index in [-0.39, 0.29) is 5.69 Å². The van der Waals surface area contributed by atoms with Gasteiger partial charge in [0.2, 0.25) is 0 Å². The molecule has 0 atom stereocenters. The van der Waals surface area contributed by atoms with Crippen LogP contribution in [-0.2, 0) is 6.18 Å². The Hall–Kier alpha value is -1.56. The van der Waals surface area contributed by atoms with Crippen molar-refractivity contribution < 1.29 is 13.2 Å². The number of nitrogens with zero attached hydrogens (tertiary/aromatic N) is 1. The number of aromatic nitrogens is 1. The van der Waals surface area contributed by atoms with Gasteiger partial charge in [-0.1, -0.05) is 6.07 Å². The molecule has 17 heavy (non-hydrogen) atoms. The molecule has 2 N–H and O–H groups in total. The molecule has 2 rings (SSSR count). The number of alkyl halides is 3. The molecule has 2 nitrogen and oxygen atoms in total. The van der Waals surface area contributed by atoms with Crippen molar-refractivity contribution in [3.8, 4) is 11.3 Å². The van der Waals surface area contributed by atoms with E-state index in [1.165, 1.54) is 17.4 Å². The van der Waals surface area contributed by atoms with E-state index < -0.39 is 11.7 Å². The van der Waals surface area contributed by atoms with Crippen LogP contribution in [0.25, 0.3) is 11.3 Å². The van der Waals surface area contributed by atoms with E-state index in [9.17, 15) is 13.2 Å². The summed E-state index contributed by atoms with van der Waals surface area (Å²) < 4.78 is 37.3. The molecule has 1 aromatic heterocycles. The third kappa shape index (κ3) is 2.41. The van der Waals surface area contributed by atoms with Crippen LogP contribution >= 0.6 is 11.3 Å². The number of aryl methyl sites for hydroxylation is 1. The lowest BCUT2D eigenvalue weighted by molar-refractivity contribution is -0.137. The predicted octanol–water partition coefficient (Wildman–Crippen LogP) is 3.72. The quantitative estimate of drug-likeness (QED) is 0.792. The lowest BCUT2D eigenvalue weighted by Crippen LogP contribution is -2.06. The molecule has 90 valence electrons. The lowest BCUT2D eigenvalue weighted by atomic mass is 10.1. The molecular weight excluding hydrogens is 249 g/mol. The van der Waals surface area contributed by atoms with Gasteiger partial charge in [-0.3, -0.25) is 0 Å². The number of nitrogens with two attached hydrogens (primary N) is 1. The van der Waals surface area contributed by atoms with Gasteiger partial charge in [-0.05, 0) is 19.1 Å². The van der Waals surface area contributed by atoms with Crippen molar-refractivity contribution in [3.63, 3.8) is 0 Å². The van der Waals surface area contributed by atoms with Crippen molar-refractivity contribution >= 4 is 17.0 Å². The summed E-state index contributed by atoms with van der Waals surface area (Å²) in [6, 6.07) is 3.30. The van der Waals surface area contributed by atoms with Crippen LogP contribution in [0.4, 0.5) is 18.9 Å². The van der Waals surface area contributed by atoms with E-state index in [1.807, 2.05) is 6.92 Å². The number of nitrogen functional groups attached to an aromatic ring is 1. The first-order chi connectivity index (χ1) is 7.88. The highest BCUT2D eigenvalue weighted by Gasteiger charge is 2.30. The van der Waals surface area contributed by atoms with E-state index in [4.69, 9.17) is 5.73 Å². The topological polar surface area (TPSA) is 38.9 Å². The Morgan fingerprint density at radius 3 is 2.47 bits per heavy atom. The third-order valence-corrected chi connectivity index (χ3v) is 3.05. The molecule has 0 aliphatic heterocycles. The smallest absolute Gasteiger partial charge is 0.398 e. The molecule has 0 aliphatic rings. The zero-order chi connectivity index (χ0) is 12.6. The van der Waals surface area contributed by atoms with Gasteiger partial charge in [0.05, 0.1) is 16.3 Å². The first-order valence-electron chi connectivity index (χ1n) is 4.77. The number of hydrogen-bond acceptors (Lipinski definition) is 3. The third-order valence-electron chi connectivity index (χ3n) is 2.27. The fraction of sp³-hybridized carbons (Fsp3) is 0.182. The molecule has 0 saturated heterocycles. The van der Waals surface area contributed by atoms with Gasteiger partial charge in [0.1, 0.15) is 0 Å². The summed E-state index contributed by atoms with van der Waals surface area (Å²) in [5.41, 5.74) is 6.11. The zero-order valence-corrected chi connectivity index (χ0v) is 9.69. The predicted molar refractivity (Wildman–Crippen MR) is 61.7 cm³/mol. The molecule has 6 heteroatoms. The molecule has 0 amide bonds. The Morgan fingerprint density at radius 2 is 2.00 bits per heavy atom. The highest BCUT2D eigenvalue weighted by molar-refractivity contribution is 7.09. The largest absolute Gasteiger partial charge is 0.416 e. The van der Waals surface area contributed by atoms with Gasteiger partial charge in [0.25, 0.3) is 0 Å². The fourth-order valence-corrected chi connectivity index (χ4v) is 2.07. The monoisotopic (exact) mass is 258 g/mol. The molecule has 0 fully saturated rings. The Morgan fingerprint density at radius 1 is 1.29 bits per heavy atom. The maximum Gasteiger partial charge on any atom is 0.416 e. The molecular formula is C11H9F3N2S. The van der Waals surface area contributed by atoms with E-state index in [1.54, 1.807) is 5.38 Å². The standard InChI is InChI=1S/C11H9F3N2S/c1-6-16-10(5-17-6)8-3-2-7(4-9(8)15)11(12,13)14/h2-5H,15H2,1H3. The highest BCUT2D eigenvalue weighted by atomic mass is 32.1. The molecule has 0 bridgehead atoms. The van der Waals surface area contributed by atoms with Gasteiger partial charge in [-0.15, -0.1) is 11.3 Å². The Balaban J connectivity index is 2.45. The number of hydrogen-bond donors (Lipinski definition) is 1. The summed E-state index contributed by atoms with van der Waals surface area (Å²) in [5, 5.41) is 2.62. The second-order valence-electron chi connectivity index (χ2n) is 3.55. The summed E-state index contributed by atoms with van der Waals surface area (Å²) in [4.78, 5) is 4.19. The SMILES string of the molecule is Cc1nc(-c2ccc(C(F)(F)F)cc2N)cs1. The number of rotatable bonds is 1. The van der Waals surface area contributed by atoms with E-state index in [0.717, 1.165) is 17.1 Å². The van der Waals surface area contributed by atoms with E-state index >= 15 is 0 Å². The minimum Gasteiger partial charge on any atom is -0.398 e.